The van der Waals surface area contributed by atoms with Crippen LogP contribution in [0.4, 0.5) is 13.2 Å². The second-order valence-electron chi connectivity index (χ2n) is 8.52. The van der Waals surface area contributed by atoms with Crippen LogP contribution in [-0.4, -0.2) is 131 Å². The summed E-state index contributed by atoms with van der Waals surface area (Å²) < 4.78 is 75.1. The van der Waals surface area contributed by atoms with Crippen LogP contribution in [0.15, 0.2) is 0 Å². The van der Waals surface area contributed by atoms with Crippen molar-refractivity contribution in [3.63, 3.8) is 0 Å². The van der Waals surface area contributed by atoms with Crippen molar-refractivity contribution < 1.29 is 80.1 Å². The maximum absolute atomic E-state index is 11.9. The maximum atomic E-state index is 11.9. The molecule has 1 aliphatic heterocycles. The van der Waals surface area contributed by atoms with Gasteiger partial charge in [-0.3, -0.25) is 19.2 Å². The van der Waals surface area contributed by atoms with E-state index >= 15 is 0 Å². The lowest BCUT2D eigenvalue weighted by atomic mass is 9.96. The third-order valence-electron chi connectivity index (χ3n) is 4.83. The minimum Gasteiger partial charge on any atom is -0.475 e. The fourth-order valence-corrected chi connectivity index (χ4v) is 3.28. The largest absolute Gasteiger partial charge is 0.490 e. The first-order valence-corrected chi connectivity index (χ1v) is 12.8. The van der Waals surface area contributed by atoms with Crippen LogP contribution in [0.5, 0.6) is 0 Å². The van der Waals surface area contributed by atoms with E-state index in [1.165, 1.54) is 20.8 Å². The number of carboxylic acid groups (broad SMARTS) is 1. The van der Waals surface area contributed by atoms with Crippen molar-refractivity contribution >= 4 is 29.8 Å². The molecule has 1 saturated heterocycles. The molecule has 1 unspecified atom stereocenters. The number of nitrogens with two attached hydrogens (primary N) is 1. The van der Waals surface area contributed by atoms with Crippen LogP contribution in [0.3, 0.4) is 0 Å². The summed E-state index contributed by atoms with van der Waals surface area (Å²) in [7, 11) is 0. The van der Waals surface area contributed by atoms with Gasteiger partial charge in [-0.15, -0.1) is 0 Å². The number of rotatable bonds is 17. The Morgan fingerprint density at radius 3 is 1.67 bits per heavy atom. The van der Waals surface area contributed by atoms with Crippen molar-refractivity contribution in [2.75, 3.05) is 59.4 Å². The molecule has 1 amide bonds. The SMILES string of the molecule is CC(=O)N[C@H]1C(OCCOCCOCCOCCN)O[C@H](COC(C)=O)[C@H](OC(C)=O)[C@@H]1OC(C)=O.O=C(O)C(F)(F)F. The summed E-state index contributed by atoms with van der Waals surface area (Å²) in [5.41, 5.74) is 5.32. The Hall–Kier alpha value is -3.10. The second-order valence-corrected chi connectivity index (χ2v) is 8.52. The Balaban J connectivity index is 0.00000223. The van der Waals surface area contributed by atoms with Gasteiger partial charge in [0.2, 0.25) is 5.91 Å². The molecular weight excluding hydrogens is 597 g/mol. The smallest absolute Gasteiger partial charge is 0.475 e. The van der Waals surface area contributed by atoms with Crippen molar-refractivity contribution in [2.24, 2.45) is 5.73 Å². The predicted molar refractivity (Wildman–Crippen MR) is 135 cm³/mol. The van der Waals surface area contributed by atoms with Crippen molar-refractivity contribution in [3.05, 3.63) is 0 Å². The molecule has 0 spiro atoms. The Kier molecular flexibility index (Phi) is 20.0. The minimum absolute atomic E-state index is 0.0473. The van der Waals surface area contributed by atoms with E-state index < -0.39 is 66.6 Å². The van der Waals surface area contributed by atoms with Gasteiger partial charge in [0.15, 0.2) is 18.5 Å². The highest BCUT2D eigenvalue weighted by molar-refractivity contribution is 5.74. The number of amides is 1. The van der Waals surface area contributed by atoms with Crippen molar-refractivity contribution in [3.8, 4) is 0 Å². The highest BCUT2D eigenvalue weighted by Gasteiger charge is 2.51. The van der Waals surface area contributed by atoms with Gasteiger partial charge in [0.25, 0.3) is 0 Å². The van der Waals surface area contributed by atoms with Crippen LogP contribution in [0.1, 0.15) is 27.7 Å². The Morgan fingerprint density at radius 1 is 0.791 bits per heavy atom. The van der Waals surface area contributed by atoms with Crippen molar-refractivity contribution in [2.45, 2.75) is 64.5 Å². The molecule has 0 bridgehead atoms. The van der Waals surface area contributed by atoms with E-state index in [0.29, 0.717) is 39.6 Å². The summed E-state index contributed by atoms with van der Waals surface area (Å²) in [6.07, 6.45) is -9.60. The number of halogens is 3. The number of nitrogens with one attached hydrogen (secondary N) is 1. The fourth-order valence-electron chi connectivity index (χ4n) is 3.28. The number of hydrogen-bond acceptors (Lipinski definition) is 14. The molecule has 250 valence electrons. The molecule has 0 radical (unpaired) electrons. The standard InChI is InChI=1S/C22H38N2O12.C2HF3O2/c1-14(25)24-19-21(35-17(4)28)20(34-16(3)27)18(13-33-15(2)26)36-22(19)32-12-11-31-10-9-30-8-7-29-6-5-23;3-2(4,5)1(6)7/h18-22H,5-13,23H2,1-4H3,(H,24,25);(H,6,7)/t18-,19-,20+,21-,22?;/m1./s1. The van der Waals surface area contributed by atoms with Gasteiger partial charge in [0, 0.05) is 34.2 Å². The van der Waals surface area contributed by atoms with E-state index in [-0.39, 0.29) is 19.8 Å². The zero-order chi connectivity index (χ0) is 33.0. The average molecular weight is 637 g/mol. The zero-order valence-corrected chi connectivity index (χ0v) is 24.2. The molecule has 1 aliphatic rings. The zero-order valence-electron chi connectivity index (χ0n) is 24.2. The molecule has 0 aliphatic carbocycles. The third kappa shape index (κ3) is 18.9. The second kappa shape index (κ2) is 21.6. The van der Waals surface area contributed by atoms with E-state index in [9.17, 15) is 32.3 Å². The summed E-state index contributed by atoms with van der Waals surface area (Å²) in [6, 6.07) is -1.03. The first-order chi connectivity index (χ1) is 20.1. The van der Waals surface area contributed by atoms with Gasteiger partial charge >= 0.3 is 30.1 Å². The van der Waals surface area contributed by atoms with Gasteiger partial charge in [0.05, 0.1) is 46.2 Å². The molecule has 1 fully saturated rings. The van der Waals surface area contributed by atoms with Crippen LogP contribution in [-0.2, 0) is 61.9 Å². The number of alkyl halides is 3. The molecular formula is C24H39F3N2O14. The molecule has 4 N–H and O–H groups in total. The van der Waals surface area contributed by atoms with Crippen LogP contribution in [0.25, 0.3) is 0 Å². The predicted octanol–water partition coefficient (Wildman–Crippen LogP) is -0.699. The number of carbonyl (C=O) groups excluding carboxylic acids is 4. The van der Waals surface area contributed by atoms with Crippen LogP contribution >= 0.6 is 0 Å². The van der Waals surface area contributed by atoms with E-state index in [2.05, 4.69) is 5.32 Å². The van der Waals surface area contributed by atoms with Gasteiger partial charge in [-0.1, -0.05) is 0 Å². The maximum Gasteiger partial charge on any atom is 0.490 e. The molecule has 16 nitrogen and oxygen atoms in total. The minimum atomic E-state index is -5.08. The lowest BCUT2D eigenvalue weighted by Crippen LogP contribution is -2.66. The van der Waals surface area contributed by atoms with Gasteiger partial charge in [-0.05, 0) is 0 Å². The highest BCUT2D eigenvalue weighted by Crippen LogP contribution is 2.28. The Bertz CT molecular complexity index is 877. The summed E-state index contributed by atoms with van der Waals surface area (Å²) >= 11 is 0. The van der Waals surface area contributed by atoms with E-state index in [0.717, 1.165) is 6.92 Å². The average Bonchev–Trinajstić information content (AvgIpc) is 2.88. The quantitative estimate of drug-likeness (QED) is 0.102. The molecule has 19 heteroatoms. The van der Waals surface area contributed by atoms with Gasteiger partial charge in [0.1, 0.15) is 18.8 Å². The molecule has 1 rings (SSSR count). The topological polar surface area (TPSA) is 217 Å². The molecule has 1 heterocycles. The van der Waals surface area contributed by atoms with E-state index in [1.807, 2.05) is 0 Å². The monoisotopic (exact) mass is 636 g/mol. The molecule has 0 aromatic carbocycles. The molecule has 0 aromatic heterocycles. The summed E-state index contributed by atoms with van der Waals surface area (Å²) in [5, 5.41) is 9.74. The summed E-state index contributed by atoms with van der Waals surface area (Å²) in [6.45, 7) is 7.15. The van der Waals surface area contributed by atoms with Crippen molar-refractivity contribution in [1.82, 2.24) is 5.32 Å². The van der Waals surface area contributed by atoms with Crippen LogP contribution in [0.2, 0.25) is 0 Å². The van der Waals surface area contributed by atoms with Crippen LogP contribution in [0, 0.1) is 0 Å². The molecule has 0 aromatic rings. The van der Waals surface area contributed by atoms with Gasteiger partial charge in [-0.25, -0.2) is 4.79 Å². The summed E-state index contributed by atoms with van der Waals surface area (Å²) in [4.78, 5) is 55.7. The van der Waals surface area contributed by atoms with E-state index in [4.69, 9.17) is 53.5 Å². The van der Waals surface area contributed by atoms with Gasteiger partial charge in [-0.2, -0.15) is 13.2 Å². The number of hydrogen-bond donors (Lipinski definition) is 3. The first-order valence-electron chi connectivity index (χ1n) is 12.8. The first kappa shape index (κ1) is 39.9. The lowest BCUT2D eigenvalue weighted by molar-refractivity contribution is -0.279. The Labute approximate surface area is 245 Å². The van der Waals surface area contributed by atoms with E-state index in [1.54, 1.807) is 0 Å². The third-order valence-corrected chi connectivity index (χ3v) is 4.83. The number of aliphatic carboxylic acids is 1. The summed E-state index contributed by atoms with van der Waals surface area (Å²) in [5.74, 6) is -5.18. The van der Waals surface area contributed by atoms with Crippen LogP contribution < -0.4 is 11.1 Å². The lowest BCUT2D eigenvalue weighted by Gasteiger charge is -2.44. The number of carboxylic acids is 1. The number of ether oxygens (including phenoxy) is 8. The number of carbonyl (C=O) groups is 5. The Morgan fingerprint density at radius 2 is 1.26 bits per heavy atom. The normalized spacial score (nSPS) is 21.5. The number of esters is 3. The highest BCUT2D eigenvalue weighted by atomic mass is 19.4. The fraction of sp³-hybridized carbons (Fsp3) is 0.792. The molecule has 0 saturated carbocycles. The van der Waals surface area contributed by atoms with Crippen molar-refractivity contribution in [1.29, 1.82) is 0 Å². The molecule has 5 atom stereocenters. The van der Waals surface area contributed by atoms with Gasteiger partial charge < -0.3 is 54.1 Å². The molecule has 43 heavy (non-hydrogen) atoms.